The predicted molar refractivity (Wildman–Crippen MR) is 122 cm³/mol. The van der Waals surface area contributed by atoms with Crippen molar-refractivity contribution in [3.8, 4) is 11.8 Å². The van der Waals surface area contributed by atoms with Crippen molar-refractivity contribution in [1.29, 1.82) is 5.26 Å². The molecule has 194 valence electrons. The summed E-state index contributed by atoms with van der Waals surface area (Å²) in [5, 5.41) is 11.6. The summed E-state index contributed by atoms with van der Waals surface area (Å²) >= 11 is 0. The van der Waals surface area contributed by atoms with Gasteiger partial charge in [-0.05, 0) is 41.0 Å². The molecule has 0 heterocycles. The fraction of sp³-hybridized carbons (Fsp3) is 0.231. The summed E-state index contributed by atoms with van der Waals surface area (Å²) in [5.74, 6) is -3.56. The lowest BCUT2D eigenvalue weighted by Gasteiger charge is -2.37. The van der Waals surface area contributed by atoms with Gasteiger partial charge in [-0.25, -0.2) is 8.78 Å². The van der Waals surface area contributed by atoms with Crippen LogP contribution in [0.15, 0.2) is 72.8 Å². The van der Waals surface area contributed by atoms with Crippen LogP contribution in [0.3, 0.4) is 0 Å². The highest BCUT2D eigenvalue weighted by molar-refractivity contribution is 5.83. The van der Waals surface area contributed by atoms with E-state index in [0.29, 0.717) is 11.6 Å². The molecule has 0 aromatic heterocycles. The highest BCUT2D eigenvalue weighted by Crippen LogP contribution is 2.38. The normalized spacial score (nSPS) is 13.9. The molecule has 0 aliphatic heterocycles. The third-order valence-corrected chi connectivity index (χ3v) is 5.51. The molecule has 0 saturated heterocycles. The molecule has 3 rings (SSSR count). The molecule has 0 aliphatic carbocycles. The van der Waals surface area contributed by atoms with Crippen molar-refractivity contribution < 1.29 is 35.9 Å². The Morgan fingerprint density at radius 1 is 0.973 bits per heavy atom. The zero-order chi connectivity index (χ0) is 27.2. The molecule has 0 spiro atoms. The summed E-state index contributed by atoms with van der Waals surface area (Å²) in [6.07, 6.45) is -9.64. The van der Waals surface area contributed by atoms with Crippen molar-refractivity contribution in [3.63, 3.8) is 0 Å². The Hall–Kier alpha value is -4.04. The van der Waals surface area contributed by atoms with Gasteiger partial charge in [-0.15, -0.1) is 0 Å². The molecule has 37 heavy (non-hydrogen) atoms. The number of nitrogens with two attached hydrogens (primary N) is 1. The average molecular weight is 521 g/mol. The molecule has 0 saturated carbocycles. The van der Waals surface area contributed by atoms with Crippen molar-refractivity contribution in [2.75, 3.05) is 0 Å². The van der Waals surface area contributed by atoms with E-state index < -0.39 is 47.4 Å². The molecule has 2 atom stereocenters. The maximum absolute atomic E-state index is 14.7. The number of nitrogens with one attached hydrogen (secondary N) is 1. The van der Waals surface area contributed by atoms with Crippen LogP contribution in [-0.2, 0) is 16.8 Å². The third-order valence-electron chi connectivity index (χ3n) is 5.51. The van der Waals surface area contributed by atoms with E-state index in [9.17, 15) is 31.1 Å². The Kier molecular flexibility index (Phi) is 8.45. The summed E-state index contributed by atoms with van der Waals surface area (Å²) in [6, 6.07) is 15.8. The van der Waals surface area contributed by atoms with Crippen LogP contribution < -0.4 is 15.8 Å². The minimum Gasteiger partial charge on any atom is -0.428 e. The minimum absolute atomic E-state index is 0.126. The second-order valence-corrected chi connectivity index (χ2v) is 8.17. The number of hydrogen-bond donors (Lipinski definition) is 2. The highest BCUT2D eigenvalue weighted by Gasteiger charge is 2.45. The molecule has 2 unspecified atom stereocenters. The van der Waals surface area contributed by atoms with Crippen LogP contribution in [0, 0.1) is 23.0 Å². The van der Waals surface area contributed by atoms with E-state index in [1.807, 2.05) is 0 Å². The van der Waals surface area contributed by atoms with Crippen molar-refractivity contribution in [2.24, 2.45) is 5.73 Å². The SMILES string of the molecule is N#CCC(N)C(=O)NC(Cc1ccccc1)(c1ccc(F)cc1)c1cc(F)cc(OC(F)(F)C(F)F)c1. The zero-order valence-corrected chi connectivity index (χ0v) is 19.1. The van der Waals surface area contributed by atoms with Gasteiger partial charge in [0.1, 0.15) is 17.4 Å². The van der Waals surface area contributed by atoms with Crippen LogP contribution in [0.25, 0.3) is 0 Å². The maximum atomic E-state index is 14.7. The molecular weight excluding hydrogens is 500 g/mol. The topological polar surface area (TPSA) is 88.1 Å². The quantitative estimate of drug-likeness (QED) is 0.366. The maximum Gasteiger partial charge on any atom is 0.461 e. The van der Waals surface area contributed by atoms with Crippen LogP contribution >= 0.6 is 0 Å². The van der Waals surface area contributed by atoms with Gasteiger partial charge in [-0.2, -0.15) is 22.8 Å². The first kappa shape index (κ1) is 27.5. The van der Waals surface area contributed by atoms with E-state index in [-0.39, 0.29) is 24.0 Å². The van der Waals surface area contributed by atoms with Gasteiger partial charge in [0, 0.05) is 12.5 Å². The van der Waals surface area contributed by atoms with E-state index in [0.717, 1.165) is 24.3 Å². The summed E-state index contributed by atoms with van der Waals surface area (Å²) in [5.41, 5.74) is 4.61. The minimum atomic E-state index is -4.93. The number of nitrogens with zero attached hydrogens (tertiary/aromatic N) is 1. The fourth-order valence-corrected chi connectivity index (χ4v) is 3.76. The van der Waals surface area contributed by atoms with Crippen LogP contribution in [-0.4, -0.2) is 24.5 Å². The van der Waals surface area contributed by atoms with E-state index in [4.69, 9.17) is 11.0 Å². The van der Waals surface area contributed by atoms with E-state index in [1.165, 1.54) is 12.1 Å². The molecule has 5 nitrogen and oxygen atoms in total. The molecule has 0 radical (unpaired) electrons. The van der Waals surface area contributed by atoms with Crippen LogP contribution in [0.5, 0.6) is 5.75 Å². The molecule has 3 aromatic rings. The summed E-state index contributed by atoms with van der Waals surface area (Å²) in [4.78, 5) is 13.0. The number of alkyl halides is 4. The number of nitriles is 1. The molecule has 11 heteroatoms. The standard InChI is InChI=1S/C26H21F6N3O2/c27-19-8-6-17(7-9-19)25(15-16-4-2-1-3-5-16,35-23(36)22(34)10-11-33)18-12-20(28)14-21(13-18)37-26(31,32)24(29)30/h1-9,12-14,22,24H,10,15,34H2,(H,35,36). The van der Waals surface area contributed by atoms with Gasteiger partial charge < -0.3 is 15.8 Å². The lowest BCUT2D eigenvalue weighted by atomic mass is 9.77. The highest BCUT2D eigenvalue weighted by atomic mass is 19.3. The Morgan fingerprint density at radius 2 is 1.62 bits per heavy atom. The van der Waals surface area contributed by atoms with Gasteiger partial charge in [0.15, 0.2) is 0 Å². The number of rotatable bonds is 10. The Labute approximate surface area is 208 Å². The molecule has 1 amide bonds. The van der Waals surface area contributed by atoms with Crippen LogP contribution in [0.2, 0.25) is 0 Å². The molecular formula is C26H21F6N3O2. The Morgan fingerprint density at radius 3 is 2.22 bits per heavy atom. The van der Waals surface area contributed by atoms with Crippen molar-refractivity contribution in [3.05, 3.63) is 101 Å². The van der Waals surface area contributed by atoms with Gasteiger partial charge >= 0.3 is 12.5 Å². The lowest BCUT2D eigenvalue weighted by Crippen LogP contribution is -2.53. The van der Waals surface area contributed by atoms with E-state index >= 15 is 0 Å². The number of carbonyl (C=O) groups is 1. The third kappa shape index (κ3) is 6.59. The van der Waals surface area contributed by atoms with Crippen molar-refractivity contribution in [1.82, 2.24) is 5.32 Å². The number of benzene rings is 3. The van der Waals surface area contributed by atoms with E-state index in [1.54, 1.807) is 36.4 Å². The zero-order valence-electron chi connectivity index (χ0n) is 19.1. The smallest absolute Gasteiger partial charge is 0.428 e. The average Bonchev–Trinajstić information content (AvgIpc) is 2.84. The van der Waals surface area contributed by atoms with Crippen molar-refractivity contribution in [2.45, 2.75) is 37.0 Å². The monoisotopic (exact) mass is 521 g/mol. The summed E-state index contributed by atoms with van der Waals surface area (Å²) < 4.78 is 85.5. The molecule has 3 aromatic carbocycles. The molecule has 0 fully saturated rings. The van der Waals surface area contributed by atoms with Gasteiger partial charge in [-0.3, -0.25) is 4.79 Å². The number of halogens is 6. The van der Waals surface area contributed by atoms with Gasteiger partial charge in [0.05, 0.1) is 24.1 Å². The van der Waals surface area contributed by atoms with Gasteiger partial charge in [-0.1, -0.05) is 42.5 Å². The molecule has 0 bridgehead atoms. The number of ether oxygens (including phenoxy) is 1. The van der Waals surface area contributed by atoms with Crippen molar-refractivity contribution >= 4 is 5.91 Å². The fourth-order valence-electron chi connectivity index (χ4n) is 3.76. The summed E-state index contributed by atoms with van der Waals surface area (Å²) in [6.45, 7) is 0. The first-order valence-corrected chi connectivity index (χ1v) is 10.9. The Balaban J connectivity index is 2.26. The van der Waals surface area contributed by atoms with Crippen LogP contribution in [0.4, 0.5) is 26.3 Å². The number of amides is 1. The summed E-state index contributed by atoms with van der Waals surface area (Å²) in [7, 11) is 0. The predicted octanol–water partition coefficient (Wildman–Crippen LogP) is 5.04. The number of hydrogen-bond acceptors (Lipinski definition) is 4. The molecule has 3 N–H and O–H groups in total. The lowest BCUT2D eigenvalue weighted by molar-refractivity contribution is -0.253. The van der Waals surface area contributed by atoms with E-state index in [2.05, 4.69) is 10.1 Å². The number of carbonyl (C=O) groups excluding carboxylic acids is 1. The second-order valence-electron chi connectivity index (χ2n) is 8.17. The van der Waals surface area contributed by atoms with Crippen LogP contribution in [0.1, 0.15) is 23.1 Å². The Bertz CT molecular complexity index is 1270. The van der Waals surface area contributed by atoms with Gasteiger partial charge in [0.2, 0.25) is 5.91 Å². The first-order chi connectivity index (χ1) is 17.5. The second kappa shape index (κ2) is 11.3. The molecule has 0 aliphatic rings. The first-order valence-electron chi connectivity index (χ1n) is 10.9. The van der Waals surface area contributed by atoms with Gasteiger partial charge in [0.25, 0.3) is 0 Å². The largest absolute Gasteiger partial charge is 0.461 e.